The van der Waals surface area contributed by atoms with E-state index in [1.165, 1.54) is 5.39 Å². The van der Waals surface area contributed by atoms with Crippen molar-refractivity contribution >= 4 is 21.8 Å². The average Bonchev–Trinajstić information content (AvgIpc) is 3.19. The third kappa shape index (κ3) is 3.94. The van der Waals surface area contributed by atoms with Crippen LogP contribution in [0.5, 0.6) is 11.6 Å². The largest absolute Gasteiger partial charge is 2.00 e. The second kappa shape index (κ2) is 9.01. The number of pyridine rings is 2. The van der Waals surface area contributed by atoms with Crippen LogP contribution < -0.4 is 4.74 Å². The number of benzene rings is 3. The molecule has 0 aliphatic heterocycles. The zero-order valence-electron chi connectivity index (χ0n) is 17.4. The van der Waals surface area contributed by atoms with Crippen molar-refractivity contribution < 1.29 is 25.8 Å². The normalized spacial score (nSPS) is 10.8. The van der Waals surface area contributed by atoms with Gasteiger partial charge >= 0.3 is 21.1 Å². The van der Waals surface area contributed by atoms with E-state index in [1.807, 2.05) is 66.9 Å². The summed E-state index contributed by atoms with van der Waals surface area (Å²) in [7, 11) is 0. The van der Waals surface area contributed by atoms with Crippen LogP contribution in [0.3, 0.4) is 0 Å². The summed E-state index contributed by atoms with van der Waals surface area (Å²) in [6.07, 6.45) is 3.52. The maximum Gasteiger partial charge on any atom is 2.00 e. The Labute approximate surface area is 205 Å². The molecule has 6 rings (SSSR count). The van der Waals surface area contributed by atoms with Gasteiger partial charge in [-0.2, -0.15) is 24.3 Å². The molecule has 0 N–H and O–H groups in total. The van der Waals surface area contributed by atoms with Crippen LogP contribution in [0, 0.1) is 12.1 Å². The second-order valence-corrected chi connectivity index (χ2v) is 7.37. The van der Waals surface area contributed by atoms with E-state index >= 15 is 0 Å². The minimum atomic E-state index is 0. The molecular weight excluding hydrogens is 589 g/mol. The molecule has 3 heterocycles. The van der Waals surface area contributed by atoms with E-state index in [1.54, 1.807) is 6.20 Å². The quantitative estimate of drug-likeness (QED) is 0.212. The van der Waals surface area contributed by atoms with E-state index in [0.717, 1.165) is 33.4 Å². The van der Waals surface area contributed by atoms with Gasteiger partial charge < -0.3 is 9.30 Å². The molecule has 0 atom stereocenters. The zero-order valence-corrected chi connectivity index (χ0v) is 19.7. The Morgan fingerprint density at radius 2 is 1.42 bits per heavy atom. The van der Waals surface area contributed by atoms with Crippen molar-refractivity contribution in [3.8, 4) is 28.6 Å². The number of nitrogens with zero attached hydrogens (tertiary/aromatic N) is 3. The Hall–Kier alpha value is -3.75. The van der Waals surface area contributed by atoms with Gasteiger partial charge in [-0.1, -0.05) is 35.7 Å². The summed E-state index contributed by atoms with van der Waals surface area (Å²) in [6.45, 7) is 0. The van der Waals surface area contributed by atoms with E-state index < -0.39 is 0 Å². The Kier molecular flexibility index (Phi) is 5.76. The monoisotopic (exact) mass is 606 g/mol. The molecule has 3 aromatic heterocycles. The number of rotatable bonds is 4. The van der Waals surface area contributed by atoms with Gasteiger partial charge in [0, 0.05) is 29.7 Å². The number of aromatic nitrogens is 3. The standard InChI is InChI=1S/C28H17N3O.Pt/c1-2-11-25-23(10-1)24-15-14-21(19-26(24)31(25)27-12-3-5-16-29-27)20-8-7-9-22(18-20)32-28-13-4-6-17-30-28;/h1-17H;/q-2;+2. The molecule has 0 saturated carbocycles. The summed E-state index contributed by atoms with van der Waals surface area (Å²) < 4.78 is 8.03. The fourth-order valence-electron chi connectivity index (χ4n) is 3.96. The molecule has 0 aliphatic rings. The van der Waals surface area contributed by atoms with E-state index in [4.69, 9.17) is 4.74 Å². The predicted molar refractivity (Wildman–Crippen MR) is 126 cm³/mol. The fraction of sp³-hybridized carbons (Fsp3) is 0. The van der Waals surface area contributed by atoms with Gasteiger partial charge in [0.2, 0.25) is 5.88 Å². The average molecular weight is 607 g/mol. The second-order valence-electron chi connectivity index (χ2n) is 7.37. The third-order valence-corrected chi connectivity index (χ3v) is 5.37. The molecule has 0 fully saturated rings. The molecule has 0 aliphatic carbocycles. The van der Waals surface area contributed by atoms with Crippen molar-refractivity contribution in [3.05, 3.63) is 116 Å². The molecule has 3 aromatic carbocycles. The Bertz CT molecular complexity index is 1550. The minimum Gasteiger partial charge on any atom is -0.460 e. The van der Waals surface area contributed by atoms with Crippen LogP contribution in [-0.4, -0.2) is 14.5 Å². The molecule has 0 amide bonds. The SMILES string of the molecule is [Pt+2].[c-]1c(Oc2ccccn2)cccc1-c1[c-]c2c(cc1)c1ccccc1n2-c1ccccn1. The number of fused-ring (bicyclic) bond motifs is 3. The summed E-state index contributed by atoms with van der Waals surface area (Å²) in [6, 6.07) is 36.9. The van der Waals surface area contributed by atoms with Crippen LogP contribution >= 0.6 is 0 Å². The number of para-hydroxylation sites is 1. The summed E-state index contributed by atoms with van der Waals surface area (Å²) in [5, 5.41) is 2.31. The first-order valence-corrected chi connectivity index (χ1v) is 10.4. The molecule has 0 unspecified atom stereocenters. The molecule has 5 heteroatoms. The van der Waals surface area contributed by atoms with Crippen molar-refractivity contribution in [2.75, 3.05) is 0 Å². The topological polar surface area (TPSA) is 39.9 Å². The molecule has 0 spiro atoms. The van der Waals surface area contributed by atoms with Crippen molar-refractivity contribution in [2.24, 2.45) is 0 Å². The molecule has 0 radical (unpaired) electrons. The summed E-state index contributed by atoms with van der Waals surface area (Å²) >= 11 is 0. The van der Waals surface area contributed by atoms with Crippen LogP contribution in [0.4, 0.5) is 0 Å². The van der Waals surface area contributed by atoms with Crippen LogP contribution in [0.15, 0.2) is 103 Å². The smallest absolute Gasteiger partial charge is 0.460 e. The van der Waals surface area contributed by atoms with E-state index in [9.17, 15) is 0 Å². The molecule has 4 nitrogen and oxygen atoms in total. The van der Waals surface area contributed by atoms with Crippen LogP contribution in [-0.2, 0) is 21.1 Å². The molecule has 0 saturated heterocycles. The van der Waals surface area contributed by atoms with E-state index in [-0.39, 0.29) is 21.1 Å². The van der Waals surface area contributed by atoms with Gasteiger partial charge in [-0.25, -0.2) is 21.1 Å². The summed E-state index contributed by atoms with van der Waals surface area (Å²) in [5.74, 6) is 2.01. The van der Waals surface area contributed by atoms with Crippen molar-refractivity contribution in [3.63, 3.8) is 0 Å². The van der Waals surface area contributed by atoms with Crippen molar-refractivity contribution in [1.82, 2.24) is 14.5 Å². The van der Waals surface area contributed by atoms with Crippen LogP contribution in [0.25, 0.3) is 38.8 Å². The number of hydrogen-bond donors (Lipinski definition) is 0. The van der Waals surface area contributed by atoms with Gasteiger partial charge in [0.15, 0.2) is 0 Å². The summed E-state index contributed by atoms with van der Waals surface area (Å²) in [5.41, 5.74) is 3.92. The number of ether oxygens (including phenoxy) is 1. The maximum absolute atomic E-state index is 5.87. The maximum atomic E-state index is 5.87. The summed E-state index contributed by atoms with van der Waals surface area (Å²) in [4.78, 5) is 8.82. The van der Waals surface area contributed by atoms with Crippen LogP contribution in [0.2, 0.25) is 0 Å². The van der Waals surface area contributed by atoms with Crippen molar-refractivity contribution in [2.45, 2.75) is 0 Å². The fourth-order valence-corrected chi connectivity index (χ4v) is 3.96. The molecule has 33 heavy (non-hydrogen) atoms. The zero-order chi connectivity index (χ0) is 21.3. The van der Waals surface area contributed by atoms with Gasteiger partial charge in [-0.3, -0.25) is 0 Å². The Morgan fingerprint density at radius 3 is 2.24 bits per heavy atom. The van der Waals surface area contributed by atoms with Crippen molar-refractivity contribution in [1.29, 1.82) is 0 Å². The van der Waals surface area contributed by atoms with Gasteiger partial charge in [-0.15, -0.1) is 18.2 Å². The minimum absolute atomic E-state index is 0. The first kappa shape index (κ1) is 21.1. The van der Waals surface area contributed by atoms with Gasteiger partial charge in [0.05, 0.1) is 0 Å². The number of hydrogen-bond acceptors (Lipinski definition) is 3. The Morgan fingerprint density at radius 1 is 0.636 bits per heavy atom. The van der Waals surface area contributed by atoms with Gasteiger partial charge in [-0.05, 0) is 35.2 Å². The predicted octanol–water partition coefficient (Wildman–Crippen LogP) is 6.63. The molecule has 0 bridgehead atoms. The molecule has 6 aromatic rings. The molecule has 160 valence electrons. The Balaban J connectivity index is 0.00000228. The first-order valence-electron chi connectivity index (χ1n) is 10.4. The first-order chi connectivity index (χ1) is 15.9. The third-order valence-electron chi connectivity index (χ3n) is 5.37. The molecular formula is C28H17N3OPt. The van der Waals surface area contributed by atoms with Crippen LogP contribution in [0.1, 0.15) is 0 Å². The van der Waals surface area contributed by atoms with E-state index in [2.05, 4.69) is 57.0 Å². The van der Waals surface area contributed by atoms with E-state index in [0.29, 0.717) is 11.6 Å². The van der Waals surface area contributed by atoms with Gasteiger partial charge in [0.25, 0.3) is 0 Å². The van der Waals surface area contributed by atoms with Gasteiger partial charge in [0.1, 0.15) is 5.82 Å².